The molecule has 0 spiro atoms. The molecule has 0 N–H and O–H groups in total. The number of rotatable bonds is 2. The summed E-state index contributed by atoms with van der Waals surface area (Å²) in [5.41, 5.74) is -0.373. The molecular weight excluding hydrogens is 136 g/mol. The van der Waals surface area contributed by atoms with Crippen molar-refractivity contribution in [2.75, 3.05) is 0 Å². The smallest absolute Gasteiger partial charge is 0.136 e. The minimum atomic E-state index is -0.373. The normalized spacial score (nSPS) is 15.2. The first-order valence-electron chi connectivity index (χ1n) is 3.04. The molecule has 2 heteroatoms. The average molecular weight is 149 g/mol. The fourth-order valence-electron chi connectivity index (χ4n) is 0.280. The topological polar surface area (TPSA) is 17.1 Å². The Kier molecular flexibility index (Phi) is 2.68. The Morgan fingerprint density at radius 1 is 1.56 bits per heavy atom. The summed E-state index contributed by atoms with van der Waals surface area (Å²) < 4.78 is 0. The molecule has 0 aliphatic carbocycles. The molecule has 0 aromatic carbocycles. The number of hydrogen-bond donors (Lipinski definition) is 0. The molecule has 0 amide bonds. The molecule has 1 atom stereocenters. The van der Waals surface area contributed by atoms with E-state index in [0.29, 0.717) is 0 Å². The Morgan fingerprint density at radius 3 is 1.89 bits per heavy atom. The zero-order valence-electron chi connectivity index (χ0n) is 6.36. The van der Waals surface area contributed by atoms with Gasteiger partial charge in [0.05, 0.1) is 0 Å². The minimum absolute atomic E-state index is 0.0880. The van der Waals surface area contributed by atoms with Crippen LogP contribution in [0, 0.1) is 5.41 Å². The maximum absolute atomic E-state index is 10.8. The fraction of sp³-hybridized carbons (Fsp3) is 0.857. The summed E-state index contributed by atoms with van der Waals surface area (Å²) in [6, 6.07) is 0. The SMILES string of the molecule is CC(=O)C(C)(C)C(C)Cl. The number of carbonyl (C=O) groups is 1. The summed E-state index contributed by atoms with van der Waals surface area (Å²) in [5, 5.41) is -0.0880. The van der Waals surface area contributed by atoms with E-state index in [1.165, 1.54) is 0 Å². The van der Waals surface area contributed by atoms with Crippen LogP contribution in [0.3, 0.4) is 0 Å². The van der Waals surface area contributed by atoms with Crippen LogP contribution in [0.2, 0.25) is 0 Å². The van der Waals surface area contributed by atoms with Crippen LogP contribution in [-0.2, 0) is 4.79 Å². The number of Topliss-reactive ketones (excluding diaryl/α,β-unsaturated/α-hetero) is 1. The zero-order valence-corrected chi connectivity index (χ0v) is 7.12. The summed E-state index contributed by atoms with van der Waals surface area (Å²) >= 11 is 5.74. The first kappa shape index (κ1) is 8.96. The van der Waals surface area contributed by atoms with Gasteiger partial charge >= 0.3 is 0 Å². The lowest BCUT2D eigenvalue weighted by molar-refractivity contribution is -0.124. The van der Waals surface area contributed by atoms with Crippen LogP contribution in [0.4, 0.5) is 0 Å². The number of hydrogen-bond acceptors (Lipinski definition) is 1. The van der Waals surface area contributed by atoms with Gasteiger partial charge in [0.2, 0.25) is 0 Å². The average Bonchev–Trinajstić information content (AvgIpc) is 1.65. The second kappa shape index (κ2) is 2.70. The van der Waals surface area contributed by atoms with E-state index in [9.17, 15) is 4.79 Å². The zero-order chi connectivity index (χ0) is 7.65. The Labute approximate surface area is 61.4 Å². The molecule has 0 aromatic heterocycles. The molecule has 9 heavy (non-hydrogen) atoms. The maximum atomic E-state index is 10.8. The van der Waals surface area contributed by atoms with Crippen LogP contribution >= 0.6 is 11.6 Å². The molecular formula is C7H13ClO. The quantitative estimate of drug-likeness (QED) is 0.549. The van der Waals surface area contributed by atoms with Crippen molar-refractivity contribution < 1.29 is 4.79 Å². The molecule has 0 bridgehead atoms. The van der Waals surface area contributed by atoms with Crippen molar-refractivity contribution in [1.82, 2.24) is 0 Å². The van der Waals surface area contributed by atoms with E-state index < -0.39 is 0 Å². The van der Waals surface area contributed by atoms with E-state index in [0.717, 1.165) is 0 Å². The highest BCUT2D eigenvalue weighted by Gasteiger charge is 2.28. The molecule has 0 fully saturated rings. The number of alkyl halides is 1. The highest BCUT2D eigenvalue weighted by molar-refractivity contribution is 6.22. The summed E-state index contributed by atoms with van der Waals surface area (Å²) in [6.07, 6.45) is 0. The largest absolute Gasteiger partial charge is 0.299 e. The lowest BCUT2D eigenvalue weighted by atomic mass is 9.86. The van der Waals surface area contributed by atoms with Gasteiger partial charge in [-0.2, -0.15) is 0 Å². The van der Waals surface area contributed by atoms with Gasteiger partial charge in [-0.3, -0.25) is 4.79 Å². The summed E-state index contributed by atoms with van der Waals surface area (Å²) in [6.45, 7) is 7.11. The van der Waals surface area contributed by atoms with Crippen LogP contribution in [0.1, 0.15) is 27.7 Å². The first-order chi connectivity index (χ1) is 3.89. The monoisotopic (exact) mass is 148 g/mol. The van der Waals surface area contributed by atoms with Gasteiger partial charge in [-0.05, 0) is 13.8 Å². The molecule has 0 aliphatic rings. The highest BCUT2D eigenvalue weighted by Crippen LogP contribution is 2.25. The van der Waals surface area contributed by atoms with E-state index in [2.05, 4.69) is 0 Å². The van der Waals surface area contributed by atoms with Crippen LogP contribution in [0.15, 0.2) is 0 Å². The van der Waals surface area contributed by atoms with Gasteiger partial charge in [-0.25, -0.2) is 0 Å². The van der Waals surface area contributed by atoms with Gasteiger partial charge in [0.15, 0.2) is 0 Å². The summed E-state index contributed by atoms with van der Waals surface area (Å²) in [4.78, 5) is 10.8. The second-order valence-electron chi connectivity index (χ2n) is 2.89. The third-order valence-corrected chi connectivity index (χ3v) is 2.45. The Balaban J connectivity index is 4.19. The van der Waals surface area contributed by atoms with Crippen molar-refractivity contribution >= 4 is 17.4 Å². The van der Waals surface area contributed by atoms with Crippen LogP contribution in [-0.4, -0.2) is 11.2 Å². The molecule has 0 saturated carbocycles. The summed E-state index contributed by atoms with van der Waals surface area (Å²) in [7, 11) is 0. The Morgan fingerprint density at radius 2 is 1.89 bits per heavy atom. The lowest BCUT2D eigenvalue weighted by Crippen LogP contribution is -2.29. The molecule has 1 nitrogen and oxygen atoms in total. The molecule has 0 saturated heterocycles. The van der Waals surface area contributed by atoms with E-state index in [1.807, 2.05) is 20.8 Å². The second-order valence-corrected chi connectivity index (χ2v) is 3.55. The van der Waals surface area contributed by atoms with E-state index >= 15 is 0 Å². The predicted molar refractivity (Wildman–Crippen MR) is 39.8 cm³/mol. The van der Waals surface area contributed by atoms with E-state index in [4.69, 9.17) is 11.6 Å². The molecule has 0 aliphatic heterocycles. The van der Waals surface area contributed by atoms with Crippen LogP contribution < -0.4 is 0 Å². The maximum Gasteiger partial charge on any atom is 0.136 e. The van der Waals surface area contributed by atoms with Gasteiger partial charge in [0, 0.05) is 10.8 Å². The van der Waals surface area contributed by atoms with Gasteiger partial charge in [-0.15, -0.1) is 11.6 Å². The van der Waals surface area contributed by atoms with Gasteiger partial charge < -0.3 is 0 Å². The van der Waals surface area contributed by atoms with Gasteiger partial charge in [0.25, 0.3) is 0 Å². The highest BCUT2D eigenvalue weighted by atomic mass is 35.5. The predicted octanol–water partition coefficient (Wildman–Crippen LogP) is 2.23. The first-order valence-corrected chi connectivity index (χ1v) is 3.47. The standard InChI is InChI=1S/C7H13ClO/c1-5(8)7(3,4)6(2)9/h5H,1-4H3. The molecule has 0 radical (unpaired) electrons. The molecule has 0 aromatic rings. The van der Waals surface area contributed by atoms with E-state index in [-0.39, 0.29) is 16.6 Å². The van der Waals surface area contributed by atoms with Crippen molar-refractivity contribution in [2.45, 2.75) is 33.1 Å². The number of carbonyl (C=O) groups excluding carboxylic acids is 1. The van der Waals surface area contributed by atoms with Gasteiger partial charge in [-0.1, -0.05) is 13.8 Å². The van der Waals surface area contributed by atoms with Crippen molar-refractivity contribution in [3.63, 3.8) is 0 Å². The molecule has 0 heterocycles. The van der Waals surface area contributed by atoms with Crippen LogP contribution in [0.5, 0.6) is 0 Å². The fourth-order valence-corrected chi connectivity index (χ4v) is 0.434. The van der Waals surface area contributed by atoms with Crippen molar-refractivity contribution in [3.05, 3.63) is 0 Å². The number of halogens is 1. The Hall–Kier alpha value is -0.0400. The third-order valence-electron chi connectivity index (χ3n) is 1.90. The van der Waals surface area contributed by atoms with Crippen molar-refractivity contribution in [3.8, 4) is 0 Å². The van der Waals surface area contributed by atoms with E-state index in [1.54, 1.807) is 6.92 Å². The van der Waals surface area contributed by atoms with Gasteiger partial charge in [0.1, 0.15) is 5.78 Å². The minimum Gasteiger partial charge on any atom is -0.299 e. The number of ketones is 1. The molecule has 0 rings (SSSR count). The van der Waals surface area contributed by atoms with Crippen LogP contribution in [0.25, 0.3) is 0 Å². The molecule has 54 valence electrons. The Bertz CT molecular complexity index is 116. The summed E-state index contributed by atoms with van der Waals surface area (Å²) in [5.74, 6) is 0.144. The third kappa shape index (κ3) is 1.98. The van der Waals surface area contributed by atoms with Crippen molar-refractivity contribution in [2.24, 2.45) is 5.41 Å². The lowest BCUT2D eigenvalue weighted by Gasteiger charge is -2.23. The van der Waals surface area contributed by atoms with Crippen molar-refractivity contribution in [1.29, 1.82) is 0 Å². The molecule has 1 unspecified atom stereocenters.